The van der Waals surface area contributed by atoms with Gasteiger partial charge in [0.15, 0.2) is 0 Å². The van der Waals surface area contributed by atoms with E-state index in [1.54, 1.807) is 6.07 Å². The Bertz CT molecular complexity index is 542. The molecule has 1 aromatic carbocycles. The Morgan fingerprint density at radius 1 is 1.65 bits per heavy atom. The largest absolute Gasteiger partial charge is 0.468 e. The minimum absolute atomic E-state index is 0.00498. The lowest BCUT2D eigenvalue weighted by Gasteiger charge is -2.33. The molecule has 0 spiro atoms. The van der Waals surface area contributed by atoms with E-state index in [9.17, 15) is 9.18 Å². The van der Waals surface area contributed by atoms with Crippen LogP contribution in [0.2, 0.25) is 0 Å². The zero-order chi connectivity index (χ0) is 14.5. The van der Waals surface area contributed by atoms with E-state index in [4.69, 9.17) is 14.7 Å². The highest BCUT2D eigenvalue weighted by molar-refractivity contribution is 5.75. The summed E-state index contributed by atoms with van der Waals surface area (Å²) in [5, 5.41) is 8.83. The number of methoxy groups -OCH3 is 1. The Morgan fingerprint density at radius 2 is 2.45 bits per heavy atom. The molecule has 1 aliphatic heterocycles. The van der Waals surface area contributed by atoms with Gasteiger partial charge in [0.05, 0.1) is 25.9 Å². The van der Waals surface area contributed by atoms with Crippen LogP contribution in [0.25, 0.3) is 0 Å². The van der Waals surface area contributed by atoms with E-state index >= 15 is 0 Å². The summed E-state index contributed by atoms with van der Waals surface area (Å²) in [6.07, 6.45) is 0. The number of halogens is 1. The fourth-order valence-corrected chi connectivity index (χ4v) is 2.17. The second-order valence-corrected chi connectivity index (χ2v) is 4.51. The molecule has 20 heavy (non-hydrogen) atoms. The molecule has 0 aliphatic carbocycles. The molecule has 1 saturated heterocycles. The number of hydrogen-bond acceptors (Lipinski definition) is 5. The molecule has 2 rings (SSSR count). The lowest BCUT2D eigenvalue weighted by atomic mass is 10.1. The monoisotopic (exact) mass is 278 g/mol. The number of nitrogens with zero attached hydrogens (tertiary/aromatic N) is 2. The van der Waals surface area contributed by atoms with Gasteiger partial charge in [0.2, 0.25) is 0 Å². The smallest absolute Gasteiger partial charge is 0.325 e. The molecule has 0 radical (unpaired) electrons. The first-order chi connectivity index (χ1) is 9.65. The Hall–Kier alpha value is -1.97. The van der Waals surface area contributed by atoms with Crippen molar-refractivity contribution in [2.45, 2.75) is 12.6 Å². The van der Waals surface area contributed by atoms with Crippen molar-refractivity contribution in [3.8, 4) is 6.07 Å². The van der Waals surface area contributed by atoms with Crippen molar-refractivity contribution in [3.63, 3.8) is 0 Å². The maximum atomic E-state index is 13.3. The molecule has 1 unspecified atom stereocenters. The highest BCUT2D eigenvalue weighted by atomic mass is 19.1. The first kappa shape index (κ1) is 14.4. The Morgan fingerprint density at radius 3 is 3.15 bits per heavy atom. The molecule has 5 nitrogen and oxygen atoms in total. The summed E-state index contributed by atoms with van der Waals surface area (Å²) in [5.74, 6) is -0.893. The normalized spacial score (nSPS) is 19.4. The van der Waals surface area contributed by atoms with Gasteiger partial charge in [-0.2, -0.15) is 5.26 Å². The standard InChI is InChI=1S/C14H15FN2O3/c1-19-14(18)13-9-20-5-4-17(13)8-10-2-3-12(15)11(6-10)7-16/h2-3,6,13H,4-5,8-9H2,1H3. The number of esters is 1. The zero-order valence-electron chi connectivity index (χ0n) is 11.1. The van der Waals surface area contributed by atoms with Crippen molar-refractivity contribution < 1.29 is 18.7 Å². The number of carbonyl (C=O) groups excluding carboxylic acids is 1. The van der Waals surface area contributed by atoms with Gasteiger partial charge in [-0.1, -0.05) is 6.07 Å². The minimum Gasteiger partial charge on any atom is -0.468 e. The molecule has 6 heteroatoms. The van der Waals surface area contributed by atoms with Crippen LogP contribution in [-0.2, 0) is 20.8 Å². The maximum Gasteiger partial charge on any atom is 0.325 e. The molecule has 1 aromatic rings. The van der Waals surface area contributed by atoms with Gasteiger partial charge in [0.25, 0.3) is 0 Å². The number of carbonyl (C=O) groups is 1. The summed E-state index contributed by atoms with van der Waals surface area (Å²) in [7, 11) is 1.33. The molecule has 1 aliphatic rings. The summed E-state index contributed by atoms with van der Waals surface area (Å²) in [4.78, 5) is 13.6. The zero-order valence-corrected chi connectivity index (χ0v) is 11.1. The first-order valence-corrected chi connectivity index (χ1v) is 6.24. The van der Waals surface area contributed by atoms with Crippen LogP contribution in [-0.4, -0.2) is 43.8 Å². The number of nitriles is 1. The fourth-order valence-electron chi connectivity index (χ4n) is 2.17. The van der Waals surface area contributed by atoms with E-state index in [1.165, 1.54) is 19.2 Å². The van der Waals surface area contributed by atoms with Crippen molar-refractivity contribution in [2.75, 3.05) is 26.9 Å². The highest BCUT2D eigenvalue weighted by Crippen LogP contribution is 2.16. The SMILES string of the molecule is COC(=O)C1COCCN1Cc1ccc(F)c(C#N)c1. The molecular formula is C14H15FN2O3. The Labute approximate surface area is 116 Å². The lowest BCUT2D eigenvalue weighted by Crippen LogP contribution is -2.49. The number of ether oxygens (including phenoxy) is 2. The average molecular weight is 278 g/mol. The van der Waals surface area contributed by atoms with Gasteiger partial charge < -0.3 is 9.47 Å². The van der Waals surface area contributed by atoms with Crippen LogP contribution in [0.3, 0.4) is 0 Å². The van der Waals surface area contributed by atoms with E-state index in [0.29, 0.717) is 19.7 Å². The van der Waals surface area contributed by atoms with Crippen LogP contribution >= 0.6 is 0 Å². The minimum atomic E-state index is -0.539. The number of rotatable bonds is 3. The number of hydrogen-bond donors (Lipinski definition) is 0. The second-order valence-electron chi connectivity index (χ2n) is 4.51. The molecule has 1 atom stereocenters. The fraction of sp³-hybridized carbons (Fsp3) is 0.429. The molecule has 0 aromatic heterocycles. The molecule has 106 valence electrons. The molecule has 0 bridgehead atoms. The predicted molar refractivity (Wildman–Crippen MR) is 68.1 cm³/mol. The highest BCUT2D eigenvalue weighted by Gasteiger charge is 2.30. The molecule has 0 amide bonds. The number of morpholine rings is 1. The number of benzene rings is 1. The second kappa shape index (κ2) is 6.46. The van der Waals surface area contributed by atoms with Crippen molar-refractivity contribution >= 4 is 5.97 Å². The third-order valence-corrected chi connectivity index (χ3v) is 3.25. The summed E-state index contributed by atoms with van der Waals surface area (Å²) in [6.45, 7) is 1.83. The summed E-state index contributed by atoms with van der Waals surface area (Å²) >= 11 is 0. The average Bonchev–Trinajstić information content (AvgIpc) is 2.49. The molecule has 0 N–H and O–H groups in total. The van der Waals surface area contributed by atoms with Gasteiger partial charge in [-0.15, -0.1) is 0 Å². The third kappa shape index (κ3) is 3.13. The summed E-state index contributed by atoms with van der Waals surface area (Å²) in [5.41, 5.74) is 0.782. The van der Waals surface area contributed by atoms with Crippen LogP contribution in [0.1, 0.15) is 11.1 Å². The van der Waals surface area contributed by atoms with Crippen LogP contribution < -0.4 is 0 Å². The van der Waals surface area contributed by atoms with Crippen LogP contribution in [0.4, 0.5) is 4.39 Å². The van der Waals surface area contributed by atoms with Crippen molar-refractivity contribution in [1.29, 1.82) is 5.26 Å². The van der Waals surface area contributed by atoms with Gasteiger partial charge in [-0.3, -0.25) is 9.69 Å². The Kier molecular flexibility index (Phi) is 4.66. The van der Waals surface area contributed by atoms with E-state index in [1.807, 2.05) is 11.0 Å². The third-order valence-electron chi connectivity index (χ3n) is 3.25. The van der Waals surface area contributed by atoms with Gasteiger partial charge >= 0.3 is 5.97 Å². The van der Waals surface area contributed by atoms with E-state index in [2.05, 4.69) is 0 Å². The molecule has 1 heterocycles. The topological polar surface area (TPSA) is 62.6 Å². The van der Waals surface area contributed by atoms with Crippen LogP contribution in [0.5, 0.6) is 0 Å². The quantitative estimate of drug-likeness (QED) is 0.774. The van der Waals surface area contributed by atoms with Crippen LogP contribution in [0.15, 0.2) is 18.2 Å². The predicted octanol–water partition coefficient (Wildman–Crippen LogP) is 1.07. The summed E-state index contributed by atoms with van der Waals surface area (Å²) in [6, 6.07) is 5.72. The van der Waals surface area contributed by atoms with E-state index < -0.39 is 11.9 Å². The molecule has 1 fully saturated rings. The van der Waals surface area contributed by atoms with Gasteiger partial charge in [0, 0.05) is 13.1 Å². The van der Waals surface area contributed by atoms with E-state index in [0.717, 1.165) is 5.56 Å². The van der Waals surface area contributed by atoms with Crippen molar-refractivity contribution in [1.82, 2.24) is 4.90 Å². The van der Waals surface area contributed by atoms with Crippen molar-refractivity contribution in [2.24, 2.45) is 0 Å². The van der Waals surface area contributed by atoms with E-state index in [-0.39, 0.29) is 18.1 Å². The lowest BCUT2D eigenvalue weighted by molar-refractivity contribution is -0.153. The van der Waals surface area contributed by atoms with Gasteiger partial charge in [-0.05, 0) is 17.7 Å². The Balaban J connectivity index is 2.15. The molecule has 0 saturated carbocycles. The first-order valence-electron chi connectivity index (χ1n) is 6.24. The van der Waals surface area contributed by atoms with Gasteiger partial charge in [-0.25, -0.2) is 4.39 Å². The van der Waals surface area contributed by atoms with Crippen LogP contribution in [0, 0.1) is 17.1 Å². The maximum absolute atomic E-state index is 13.3. The summed E-state index contributed by atoms with van der Waals surface area (Å²) < 4.78 is 23.3. The molecular weight excluding hydrogens is 263 g/mol. The van der Waals surface area contributed by atoms with Crippen molar-refractivity contribution in [3.05, 3.63) is 35.1 Å². The van der Waals surface area contributed by atoms with Gasteiger partial charge in [0.1, 0.15) is 17.9 Å².